The highest BCUT2D eigenvalue weighted by Gasteiger charge is 2.16. The molecular formula is C17H20ClFN2. The Hall–Kier alpha value is -1.45. The van der Waals surface area contributed by atoms with E-state index in [1.807, 2.05) is 19.2 Å². The summed E-state index contributed by atoms with van der Waals surface area (Å²) in [5.41, 5.74) is 2.89. The van der Waals surface area contributed by atoms with Crippen LogP contribution in [0.4, 0.5) is 4.39 Å². The molecule has 4 heteroatoms. The number of rotatable bonds is 6. The van der Waals surface area contributed by atoms with E-state index in [0.717, 1.165) is 24.1 Å². The maximum Gasteiger partial charge on any atom is 0.145 e. The smallest absolute Gasteiger partial charge is 0.145 e. The second-order valence-corrected chi connectivity index (χ2v) is 5.56. The predicted octanol–water partition coefficient (Wildman–Crippen LogP) is 4.47. The van der Waals surface area contributed by atoms with Gasteiger partial charge in [-0.15, -0.1) is 0 Å². The van der Waals surface area contributed by atoms with Gasteiger partial charge in [0, 0.05) is 18.4 Å². The maximum absolute atomic E-state index is 14.1. The molecule has 21 heavy (non-hydrogen) atoms. The van der Waals surface area contributed by atoms with Crippen LogP contribution in [0.5, 0.6) is 0 Å². The Morgan fingerprint density at radius 1 is 1.33 bits per heavy atom. The van der Waals surface area contributed by atoms with Gasteiger partial charge in [-0.3, -0.25) is 4.98 Å². The van der Waals surface area contributed by atoms with Crippen molar-refractivity contribution < 1.29 is 4.39 Å². The normalized spacial score (nSPS) is 12.4. The monoisotopic (exact) mass is 306 g/mol. The summed E-state index contributed by atoms with van der Waals surface area (Å²) in [6.45, 7) is 5.02. The number of nitrogens with zero attached hydrogens (tertiary/aromatic N) is 1. The summed E-state index contributed by atoms with van der Waals surface area (Å²) in [5.74, 6) is -0.325. The third-order valence-electron chi connectivity index (χ3n) is 3.54. The van der Waals surface area contributed by atoms with E-state index >= 15 is 0 Å². The second-order valence-electron chi connectivity index (χ2n) is 5.16. The van der Waals surface area contributed by atoms with E-state index in [9.17, 15) is 4.39 Å². The number of hydrogen-bond acceptors (Lipinski definition) is 2. The molecule has 1 aromatic heterocycles. The van der Waals surface area contributed by atoms with Crippen molar-refractivity contribution >= 4 is 11.6 Å². The first kappa shape index (κ1) is 15.9. The van der Waals surface area contributed by atoms with Crippen LogP contribution in [0.1, 0.15) is 36.1 Å². The Morgan fingerprint density at radius 2 is 2.14 bits per heavy atom. The van der Waals surface area contributed by atoms with Gasteiger partial charge in [0.2, 0.25) is 0 Å². The lowest BCUT2D eigenvalue weighted by molar-refractivity contribution is 0.511. The van der Waals surface area contributed by atoms with Gasteiger partial charge in [-0.2, -0.15) is 0 Å². The number of nitrogens with one attached hydrogen (secondary N) is 1. The number of hydrogen-bond donors (Lipinski definition) is 1. The molecule has 2 aromatic rings. The summed E-state index contributed by atoms with van der Waals surface area (Å²) >= 11 is 5.87. The van der Waals surface area contributed by atoms with Crippen molar-refractivity contribution in [3.05, 3.63) is 64.2 Å². The minimum atomic E-state index is -0.325. The van der Waals surface area contributed by atoms with E-state index in [4.69, 9.17) is 11.6 Å². The van der Waals surface area contributed by atoms with Crippen LogP contribution in [0.3, 0.4) is 0 Å². The molecule has 0 bridgehead atoms. The van der Waals surface area contributed by atoms with Gasteiger partial charge in [0.25, 0.3) is 0 Å². The molecule has 0 saturated heterocycles. The third kappa shape index (κ3) is 4.02. The van der Waals surface area contributed by atoms with Crippen LogP contribution in [0.15, 0.2) is 36.7 Å². The highest BCUT2D eigenvalue weighted by molar-refractivity contribution is 6.30. The van der Waals surface area contributed by atoms with Gasteiger partial charge in [0.1, 0.15) is 5.82 Å². The van der Waals surface area contributed by atoms with Gasteiger partial charge < -0.3 is 5.32 Å². The van der Waals surface area contributed by atoms with Gasteiger partial charge in [-0.25, -0.2) is 4.39 Å². The summed E-state index contributed by atoms with van der Waals surface area (Å²) in [6, 6.07) is 7.20. The molecule has 0 amide bonds. The van der Waals surface area contributed by atoms with Crippen LogP contribution in [0.2, 0.25) is 5.02 Å². The van der Waals surface area contributed by atoms with Gasteiger partial charge in [0.15, 0.2) is 0 Å². The molecule has 1 heterocycles. The molecule has 0 fully saturated rings. The molecule has 2 rings (SSSR count). The Labute approximate surface area is 130 Å². The summed E-state index contributed by atoms with van der Waals surface area (Å²) in [4.78, 5) is 4.12. The van der Waals surface area contributed by atoms with E-state index < -0.39 is 0 Å². The van der Waals surface area contributed by atoms with Gasteiger partial charge >= 0.3 is 0 Å². The molecule has 0 aliphatic rings. The number of benzene rings is 1. The van der Waals surface area contributed by atoms with E-state index in [1.54, 1.807) is 24.4 Å². The molecule has 1 atom stereocenters. The molecule has 0 radical (unpaired) electrons. The standard InChI is InChI=1S/C17H20ClFN2/c1-3-8-21-16(14-7-9-20-11-12(14)2)10-13-5-4-6-15(18)17(13)19/h4-7,9,11,16,21H,3,8,10H2,1-2H3. The fraction of sp³-hybridized carbons (Fsp3) is 0.353. The van der Waals surface area contributed by atoms with Crippen molar-refractivity contribution in [3.63, 3.8) is 0 Å². The largest absolute Gasteiger partial charge is 0.310 e. The lowest BCUT2D eigenvalue weighted by Gasteiger charge is -2.21. The van der Waals surface area contributed by atoms with E-state index in [0.29, 0.717) is 12.0 Å². The molecule has 1 unspecified atom stereocenters. The summed E-state index contributed by atoms with van der Waals surface area (Å²) < 4.78 is 14.1. The fourth-order valence-electron chi connectivity index (χ4n) is 2.41. The van der Waals surface area contributed by atoms with Crippen molar-refractivity contribution in [2.24, 2.45) is 0 Å². The van der Waals surface area contributed by atoms with Crippen LogP contribution in [-0.4, -0.2) is 11.5 Å². The highest BCUT2D eigenvalue weighted by atomic mass is 35.5. The zero-order chi connectivity index (χ0) is 15.2. The number of aromatic nitrogens is 1. The molecule has 1 N–H and O–H groups in total. The first-order valence-corrected chi connectivity index (χ1v) is 7.58. The SMILES string of the molecule is CCCNC(Cc1cccc(Cl)c1F)c1ccncc1C. The Morgan fingerprint density at radius 3 is 2.86 bits per heavy atom. The molecule has 0 saturated carbocycles. The molecule has 0 aliphatic carbocycles. The predicted molar refractivity (Wildman–Crippen MR) is 85.1 cm³/mol. The van der Waals surface area contributed by atoms with Gasteiger partial charge in [-0.1, -0.05) is 30.7 Å². The lowest BCUT2D eigenvalue weighted by atomic mass is 9.96. The topological polar surface area (TPSA) is 24.9 Å². The van der Waals surface area contributed by atoms with Crippen molar-refractivity contribution in [2.75, 3.05) is 6.54 Å². The van der Waals surface area contributed by atoms with Crippen molar-refractivity contribution in [1.29, 1.82) is 0 Å². The van der Waals surface area contributed by atoms with Crippen LogP contribution in [0, 0.1) is 12.7 Å². The maximum atomic E-state index is 14.1. The number of aryl methyl sites for hydroxylation is 1. The Balaban J connectivity index is 2.28. The number of halogens is 2. The zero-order valence-corrected chi connectivity index (χ0v) is 13.1. The highest BCUT2D eigenvalue weighted by Crippen LogP contribution is 2.25. The Kier molecular flexibility index (Phi) is 5.71. The molecule has 0 aliphatic heterocycles. The van der Waals surface area contributed by atoms with E-state index in [2.05, 4.69) is 17.2 Å². The van der Waals surface area contributed by atoms with Crippen LogP contribution >= 0.6 is 11.6 Å². The molecule has 0 spiro atoms. The fourth-order valence-corrected chi connectivity index (χ4v) is 2.61. The number of pyridine rings is 1. The minimum absolute atomic E-state index is 0.0564. The molecular weight excluding hydrogens is 287 g/mol. The average molecular weight is 307 g/mol. The van der Waals surface area contributed by atoms with E-state index in [1.165, 1.54) is 0 Å². The molecule has 1 aromatic carbocycles. The second kappa shape index (κ2) is 7.53. The average Bonchev–Trinajstić information content (AvgIpc) is 2.48. The van der Waals surface area contributed by atoms with Gasteiger partial charge in [-0.05, 0) is 55.1 Å². The van der Waals surface area contributed by atoms with Crippen LogP contribution < -0.4 is 5.32 Å². The first-order chi connectivity index (χ1) is 10.1. The quantitative estimate of drug-likeness (QED) is 0.852. The molecule has 112 valence electrons. The zero-order valence-electron chi connectivity index (χ0n) is 12.4. The van der Waals surface area contributed by atoms with Crippen molar-refractivity contribution in [2.45, 2.75) is 32.7 Å². The lowest BCUT2D eigenvalue weighted by Crippen LogP contribution is -2.25. The summed E-state index contributed by atoms with van der Waals surface area (Å²) in [5, 5.41) is 3.66. The summed E-state index contributed by atoms with van der Waals surface area (Å²) in [7, 11) is 0. The van der Waals surface area contributed by atoms with Gasteiger partial charge in [0.05, 0.1) is 5.02 Å². The Bertz CT molecular complexity index is 601. The molecule has 2 nitrogen and oxygen atoms in total. The van der Waals surface area contributed by atoms with Crippen LogP contribution in [-0.2, 0) is 6.42 Å². The van der Waals surface area contributed by atoms with Crippen LogP contribution in [0.25, 0.3) is 0 Å². The first-order valence-electron chi connectivity index (χ1n) is 7.20. The van der Waals surface area contributed by atoms with Crippen molar-refractivity contribution in [3.8, 4) is 0 Å². The van der Waals surface area contributed by atoms with E-state index in [-0.39, 0.29) is 16.9 Å². The van der Waals surface area contributed by atoms with Crippen molar-refractivity contribution in [1.82, 2.24) is 10.3 Å². The third-order valence-corrected chi connectivity index (χ3v) is 3.83. The summed E-state index contributed by atoms with van der Waals surface area (Å²) in [6.07, 6.45) is 5.21. The minimum Gasteiger partial charge on any atom is -0.310 e.